The maximum Gasteiger partial charge on any atom is 0.337 e. The van der Waals surface area contributed by atoms with E-state index in [4.69, 9.17) is 22.4 Å². The van der Waals surface area contributed by atoms with Crippen molar-refractivity contribution in [1.82, 2.24) is 0 Å². The summed E-state index contributed by atoms with van der Waals surface area (Å²) in [6.45, 7) is 1.83. The van der Waals surface area contributed by atoms with Crippen LogP contribution in [0.2, 0.25) is 5.02 Å². The lowest BCUT2D eigenvalue weighted by Gasteiger charge is -2.10. The lowest BCUT2D eigenvalue weighted by Crippen LogP contribution is -2.15. The van der Waals surface area contributed by atoms with Gasteiger partial charge in [0.1, 0.15) is 0 Å². The Morgan fingerprint density at radius 2 is 1.90 bits per heavy atom. The molecular weight excluding hydrogens is 292 g/mol. The maximum absolute atomic E-state index is 12.1. The average molecular weight is 305 g/mol. The molecule has 6 heteroatoms. The Labute approximate surface area is 126 Å². The molecule has 0 saturated carbocycles. The normalized spacial score (nSPS) is 10.2. The summed E-state index contributed by atoms with van der Waals surface area (Å²) in [5, 5.41) is 12.1. The van der Waals surface area contributed by atoms with Gasteiger partial charge in [0.15, 0.2) is 0 Å². The van der Waals surface area contributed by atoms with Crippen LogP contribution >= 0.6 is 11.6 Å². The molecule has 0 unspecified atom stereocenters. The third kappa shape index (κ3) is 3.32. The molecule has 2 aromatic rings. The monoisotopic (exact) mass is 304 g/mol. The molecule has 0 aliphatic carbocycles. The number of hydrogen-bond donors (Lipinski definition) is 3. The van der Waals surface area contributed by atoms with Crippen molar-refractivity contribution in [3.63, 3.8) is 0 Å². The van der Waals surface area contributed by atoms with E-state index in [-0.39, 0.29) is 11.3 Å². The van der Waals surface area contributed by atoms with Crippen molar-refractivity contribution in [2.45, 2.75) is 6.92 Å². The molecule has 0 heterocycles. The maximum atomic E-state index is 12.1. The number of nitrogens with one attached hydrogen (secondary N) is 1. The minimum Gasteiger partial charge on any atom is -0.478 e. The van der Waals surface area contributed by atoms with Crippen molar-refractivity contribution in [2.75, 3.05) is 11.1 Å². The highest BCUT2D eigenvalue weighted by atomic mass is 35.5. The molecule has 0 fully saturated rings. The van der Waals surface area contributed by atoms with Gasteiger partial charge in [-0.05, 0) is 42.8 Å². The van der Waals surface area contributed by atoms with Crippen molar-refractivity contribution in [2.24, 2.45) is 0 Å². The van der Waals surface area contributed by atoms with Gasteiger partial charge in [-0.3, -0.25) is 4.79 Å². The summed E-state index contributed by atoms with van der Waals surface area (Å²) in [6, 6.07) is 9.13. The van der Waals surface area contributed by atoms with E-state index in [1.54, 1.807) is 12.1 Å². The summed E-state index contributed by atoms with van der Waals surface area (Å²) in [4.78, 5) is 23.3. The Hall–Kier alpha value is -2.53. The van der Waals surface area contributed by atoms with Gasteiger partial charge >= 0.3 is 5.97 Å². The van der Waals surface area contributed by atoms with Gasteiger partial charge in [-0.25, -0.2) is 4.79 Å². The summed E-state index contributed by atoms with van der Waals surface area (Å²) in [6.07, 6.45) is 0. The smallest absolute Gasteiger partial charge is 0.337 e. The van der Waals surface area contributed by atoms with Crippen molar-refractivity contribution < 1.29 is 14.7 Å². The second-order valence-electron chi connectivity index (χ2n) is 4.53. The predicted molar refractivity (Wildman–Crippen MR) is 82.0 cm³/mol. The van der Waals surface area contributed by atoms with E-state index < -0.39 is 11.9 Å². The predicted octanol–water partition coefficient (Wildman–Crippen LogP) is 3.18. The molecule has 0 spiro atoms. The first-order valence-corrected chi connectivity index (χ1v) is 6.46. The third-order valence-electron chi connectivity index (χ3n) is 2.96. The fourth-order valence-corrected chi connectivity index (χ4v) is 1.96. The Balaban J connectivity index is 2.31. The summed E-state index contributed by atoms with van der Waals surface area (Å²) < 4.78 is 0. The SMILES string of the molecule is Cc1ccc(C(=O)Nc2ccc(N)cc2C(=O)O)cc1Cl. The highest BCUT2D eigenvalue weighted by Gasteiger charge is 2.14. The molecule has 2 rings (SSSR count). The van der Waals surface area contributed by atoms with E-state index >= 15 is 0 Å². The Morgan fingerprint density at radius 1 is 1.19 bits per heavy atom. The van der Waals surface area contributed by atoms with Crippen molar-refractivity contribution >= 4 is 34.9 Å². The molecule has 0 saturated heterocycles. The Morgan fingerprint density at radius 3 is 2.52 bits per heavy atom. The number of amides is 1. The largest absolute Gasteiger partial charge is 0.478 e. The van der Waals surface area contributed by atoms with Gasteiger partial charge in [-0.1, -0.05) is 17.7 Å². The summed E-state index contributed by atoms with van der Waals surface area (Å²) in [5.74, 6) is -1.61. The van der Waals surface area contributed by atoms with Crippen LogP contribution < -0.4 is 11.1 Å². The number of hydrogen-bond acceptors (Lipinski definition) is 3. The lowest BCUT2D eigenvalue weighted by molar-refractivity contribution is 0.0698. The quantitative estimate of drug-likeness (QED) is 0.759. The molecule has 2 aromatic carbocycles. The third-order valence-corrected chi connectivity index (χ3v) is 3.36. The zero-order valence-electron chi connectivity index (χ0n) is 11.2. The van der Waals surface area contributed by atoms with Gasteiger partial charge < -0.3 is 16.2 Å². The van der Waals surface area contributed by atoms with E-state index in [2.05, 4.69) is 5.32 Å². The Bertz CT molecular complexity index is 729. The first-order chi connectivity index (χ1) is 9.88. The van der Waals surface area contributed by atoms with Crippen LogP contribution in [0.15, 0.2) is 36.4 Å². The molecule has 0 bridgehead atoms. The van der Waals surface area contributed by atoms with Crippen LogP contribution in [0.1, 0.15) is 26.3 Å². The fourth-order valence-electron chi connectivity index (χ4n) is 1.78. The number of carbonyl (C=O) groups excluding carboxylic acids is 1. The van der Waals surface area contributed by atoms with Crippen LogP contribution in [-0.2, 0) is 0 Å². The molecule has 4 N–H and O–H groups in total. The molecular formula is C15H13ClN2O3. The van der Waals surface area contributed by atoms with Gasteiger partial charge in [-0.15, -0.1) is 0 Å². The summed E-state index contributed by atoms with van der Waals surface area (Å²) >= 11 is 5.97. The minimum atomic E-state index is -1.17. The van der Waals surface area contributed by atoms with Gasteiger partial charge in [0, 0.05) is 16.3 Å². The van der Waals surface area contributed by atoms with Crippen LogP contribution in [0.5, 0.6) is 0 Å². The van der Waals surface area contributed by atoms with Crippen molar-refractivity contribution in [1.29, 1.82) is 0 Å². The zero-order chi connectivity index (χ0) is 15.6. The van der Waals surface area contributed by atoms with Crippen molar-refractivity contribution in [3.8, 4) is 0 Å². The van der Waals surface area contributed by atoms with Crippen LogP contribution in [0.4, 0.5) is 11.4 Å². The highest BCUT2D eigenvalue weighted by molar-refractivity contribution is 6.31. The molecule has 0 aliphatic rings. The molecule has 5 nitrogen and oxygen atoms in total. The lowest BCUT2D eigenvalue weighted by atomic mass is 10.1. The number of halogens is 1. The van der Waals surface area contributed by atoms with E-state index in [1.807, 2.05) is 6.92 Å². The molecule has 0 aliphatic heterocycles. The molecule has 21 heavy (non-hydrogen) atoms. The summed E-state index contributed by atoms with van der Waals surface area (Å²) in [7, 11) is 0. The van der Waals surface area contributed by atoms with Gasteiger partial charge in [0.05, 0.1) is 11.3 Å². The van der Waals surface area contributed by atoms with Gasteiger partial charge in [-0.2, -0.15) is 0 Å². The van der Waals surface area contributed by atoms with E-state index in [0.717, 1.165) is 5.56 Å². The highest BCUT2D eigenvalue weighted by Crippen LogP contribution is 2.21. The fraction of sp³-hybridized carbons (Fsp3) is 0.0667. The van der Waals surface area contributed by atoms with Crippen molar-refractivity contribution in [3.05, 3.63) is 58.1 Å². The Kier molecular flexibility index (Phi) is 4.14. The molecule has 1 amide bonds. The van der Waals surface area contributed by atoms with Crippen LogP contribution in [0.3, 0.4) is 0 Å². The molecule has 0 aromatic heterocycles. The molecule has 0 atom stereocenters. The van der Waals surface area contributed by atoms with Gasteiger partial charge in [0.25, 0.3) is 5.91 Å². The minimum absolute atomic E-state index is 0.0680. The number of benzene rings is 2. The number of carboxylic acid groups (broad SMARTS) is 1. The number of aryl methyl sites for hydroxylation is 1. The zero-order valence-corrected chi connectivity index (χ0v) is 11.9. The molecule has 108 valence electrons. The van der Waals surface area contributed by atoms with Crippen LogP contribution in [0, 0.1) is 6.92 Å². The number of aromatic carboxylic acids is 1. The number of anilines is 2. The second-order valence-corrected chi connectivity index (χ2v) is 4.94. The van der Waals surface area contributed by atoms with E-state index in [9.17, 15) is 9.59 Å². The number of carbonyl (C=O) groups is 2. The number of nitrogen functional groups attached to an aromatic ring is 1. The van der Waals surface area contributed by atoms with E-state index in [1.165, 1.54) is 24.3 Å². The number of carboxylic acids is 1. The summed E-state index contributed by atoms with van der Waals surface area (Å²) in [5.41, 5.74) is 7.17. The first kappa shape index (κ1) is 14.9. The topological polar surface area (TPSA) is 92.4 Å². The van der Waals surface area contributed by atoms with E-state index in [0.29, 0.717) is 16.3 Å². The second kappa shape index (κ2) is 5.85. The molecule has 0 radical (unpaired) electrons. The van der Waals surface area contributed by atoms with Gasteiger partial charge in [0.2, 0.25) is 0 Å². The van der Waals surface area contributed by atoms with Crippen LogP contribution in [0.25, 0.3) is 0 Å². The number of rotatable bonds is 3. The first-order valence-electron chi connectivity index (χ1n) is 6.09. The standard InChI is InChI=1S/C15H13ClN2O3/c1-8-2-3-9(6-12(8)16)14(19)18-13-5-4-10(17)7-11(13)15(20)21/h2-7H,17H2,1H3,(H,18,19)(H,20,21). The number of nitrogens with two attached hydrogens (primary N) is 1. The average Bonchev–Trinajstić information content (AvgIpc) is 2.43. The van der Waals surface area contributed by atoms with Crippen LogP contribution in [-0.4, -0.2) is 17.0 Å².